The van der Waals surface area contributed by atoms with E-state index in [2.05, 4.69) is 10.1 Å². The Labute approximate surface area is 127 Å². The molecule has 3 rings (SSSR count). The lowest BCUT2D eigenvalue weighted by Gasteiger charge is -2.29. The third-order valence-electron chi connectivity index (χ3n) is 3.35. The van der Waals surface area contributed by atoms with Gasteiger partial charge >= 0.3 is 0 Å². The van der Waals surface area contributed by atoms with Gasteiger partial charge in [0, 0.05) is 11.8 Å². The molecule has 1 amide bonds. The Morgan fingerprint density at radius 3 is 2.73 bits per heavy atom. The molecule has 1 atom stereocenters. The molecule has 2 heterocycles. The van der Waals surface area contributed by atoms with Crippen molar-refractivity contribution in [3.63, 3.8) is 0 Å². The fourth-order valence-corrected chi connectivity index (χ4v) is 2.18. The van der Waals surface area contributed by atoms with Crippen LogP contribution in [0.4, 0.5) is 4.39 Å². The smallest absolute Gasteiger partial charge is 0.272 e. The molecule has 112 valence electrons. The zero-order valence-electron chi connectivity index (χ0n) is 11.9. The molecule has 0 saturated carbocycles. The summed E-state index contributed by atoms with van der Waals surface area (Å²) in [4.78, 5) is 23.1. The van der Waals surface area contributed by atoms with Crippen molar-refractivity contribution in [3.05, 3.63) is 65.7 Å². The van der Waals surface area contributed by atoms with Crippen LogP contribution in [0.1, 0.15) is 18.2 Å². The molecule has 0 aliphatic carbocycles. The second-order valence-corrected chi connectivity index (χ2v) is 4.89. The number of aromatic nitrogens is 1. The molecule has 1 aliphatic rings. The van der Waals surface area contributed by atoms with Gasteiger partial charge in [-0.05, 0) is 25.1 Å². The van der Waals surface area contributed by atoms with Crippen LogP contribution in [0, 0.1) is 5.82 Å². The van der Waals surface area contributed by atoms with Crippen LogP contribution in [0.25, 0.3) is 0 Å². The van der Waals surface area contributed by atoms with Crippen molar-refractivity contribution in [1.29, 1.82) is 0 Å². The predicted octanol–water partition coefficient (Wildman–Crippen LogP) is 2.33. The summed E-state index contributed by atoms with van der Waals surface area (Å²) in [6, 6.07) is 11.6. The Balaban J connectivity index is 1.97. The van der Waals surface area contributed by atoms with Crippen molar-refractivity contribution in [2.75, 3.05) is 0 Å². The number of nitrogens with zero attached hydrogens (tertiary/aromatic N) is 3. The second kappa shape index (κ2) is 5.93. The third-order valence-corrected chi connectivity index (χ3v) is 3.35. The molecule has 1 aromatic carbocycles. The fraction of sp³-hybridized carbons (Fsp3) is 0.188. The van der Waals surface area contributed by atoms with Gasteiger partial charge in [0.05, 0.1) is 6.54 Å². The summed E-state index contributed by atoms with van der Waals surface area (Å²) in [5.41, 5.74) is 0.910. The van der Waals surface area contributed by atoms with Crippen molar-refractivity contribution >= 4 is 11.7 Å². The summed E-state index contributed by atoms with van der Waals surface area (Å²) in [6.45, 7) is 1.68. The maximum atomic E-state index is 13.9. The van der Waals surface area contributed by atoms with Gasteiger partial charge in [-0.3, -0.25) is 14.7 Å². The average Bonchev–Trinajstić information content (AvgIpc) is 2.55. The predicted molar refractivity (Wildman–Crippen MR) is 78.3 cm³/mol. The second-order valence-electron chi connectivity index (χ2n) is 4.89. The number of halogens is 1. The minimum absolute atomic E-state index is 0.0780. The molecular weight excluding hydrogens is 285 g/mol. The number of benzene rings is 1. The molecule has 1 aliphatic heterocycles. The molecular formula is C16H14FN3O2. The van der Waals surface area contributed by atoms with Crippen LogP contribution in [0.3, 0.4) is 0 Å². The fourth-order valence-electron chi connectivity index (χ4n) is 2.18. The van der Waals surface area contributed by atoms with Crippen LogP contribution in [0.15, 0.2) is 53.8 Å². The monoisotopic (exact) mass is 299 g/mol. The summed E-state index contributed by atoms with van der Waals surface area (Å²) < 4.78 is 13.9. The first kappa shape index (κ1) is 14.2. The summed E-state index contributed by atoms with van der Waals surface area (Å²) in [7, 11) is 0. The lowest BCUT2D eigenvalue weighted by molar-refractivity contribution is -0.142. The van der Waals surface area contributed by atoms with Crippen molar-refractivity contribution < 1.29 is 14.0 Å². The maximum absolute atomic E-state index is 13.9. The molecule has 0 fully saturated rings. The Morgan fingerprint density at radius 1 is 1.23 bits per heavy atom. The number of amidine groups is 1. The van der Waals surface area contributed by atoms with E-state index in [0.717, 1.165) is 0 Å². The quantitative estimate of drug-likeness (QED) is 0.874. The van der Waals surface area contributed by atoms with Crippen molar-refractivity contribution in [3.8, 4) is 0 Å². The Kier molecular flexibility index (Phi) is 3.82. The lowest BCUT2D eigenvalue weighted by Crippen LogP contribution is -2.46. The molecule has 1 unspecified atom stereocenters. The average molecular weight is 299 g/mol. The molecule has 0 bridgehead atoms. The van der Waals surface area contributed by atoms with E-state index in [1.807, 2.05) is 0 Å². The molecule has 2 aromatic rings. The van der Waals surface area contributed by atoms with Gasteiger partial charge in [-0.15, -0.1) is 0 Å². The van der Waals surface area contributed by atoms with Gasteiger partial charge in [-0.25, -0.2) is 4.39 Å². The van der Waals surface area contributed by atoms with E-state index in [1.165, 1.54) is 11.0 Å². The zero-order chi connectivity index (χ0) is 15.5. The molecule has 0 N–H and O–H groups in total. The van der Waals surface area contributed by atoms with Crippen LogP contribution >= 0.6 is 0 Å². The summed E-state index contributed by atoms with van der Waals surface area (Å²) >= 11 is 0. The van der Waals surface area contributed by atoms with E-state index in [-0.39, 0.29) is 24.1 Å². The molecule has 0 spiro atoms. The first-order valence-corrected chi connectivity index (χ1v) is 6.87. The molecule has 0 saturated heterocycles. The molecule has 5 nitrogen and oxygen atoms in total. The van der Waals surface area contributed by atoms with E-state index in [1.54, 1.807) is 49.5 Å². The standard InChI is InChI=1S/C16H14FN3O2/c1-11-16(21)20(10-12-6-2-3-7-13(12)17)15(19-22-11)14-8-4-5-9-18-14/h2-9,11H,10H2,1H3. The number of hydrogen-bond acceptors (Lipinski definition) is 4. The summed E-state index contributed by atoms with van der Waals surface area (Å²) in [5.74, 6) is -0.360. The highest BCUT2D eigenvalue weighted by Gasteiger charge is 2.32. The Bertz CT molecular complexity index is 718. The van der Waals surface area contributed by atoms with E-state index in [9.17, 15) is 9.18 Å². The molecule has 6 heteroatoms. The van der Waals surface area contributed by atoms with Crippen LogP contribution < -0.4 is 0 Å². The Hall–Kier alpha value is -2.76. The number of rotatable bonds is 3. The van der Waals surface area contributed by atoms with Gasteiger partial charge in [-0.2, -0.15) is 0 Å². The van der Waals surface area contributed by atoms with Crippen LogP contribution in [-0.4, -0.2) is 27.7 Å². The largest absolute Gasteiger partial charge is 0.381 e. The van der Waals surface area contributed by atoms with Gasteiger partial charge in [0.25, 0.3) is 5.91 Å². The number of carbonyl (C=O) groups excluding carboxylic acids is 1. The highest BCUT2D eigenvalue weighted by atomic mass is 19.1. The SMILES string of the molecule is CC1ON=C(c2ccccn2)N(Cc2ccccc2F)C1=O. The van der Waals surface area contributed by atoms with Gasteiger partial charge in [0.1, 0.15) is 11.5 Å². The van der Waals surface area contributed by atoms with Crippen LogP contribution in [0.2, 0.25) is 0 Å². The number of amides is 1. The lowest BCUT2D eigenvalue weighted by atomic mass is 10.1. The van der Waals surface area contributed by atoms with E-state index < -0.39 is 6.10 Å². The van der Waals surface area contributed by atoms with E-state index in [0.29, 0.717) is 11.3 Å². The number of carbonyl (C=O) groups is 1. The molecule has 22 heavy (non-hydrogen) atoms. The number of pyridine rings is 1. The van der Waals surface area contributed by atoms with Gasteiger partial charge < -0.3 is 4.84 Å². The molecule has 0 radical (unpaired) electrons. The van der Waals surface area contributed by atoms with E-state index in [4.69, 9.17) is 4.84 Å². The highest BCUT2D eigenvalue weighted by Crippen LogP contribution is 2.18. The first-order chi connectivity index (χ1) is 10.7. The maximum Gasteiger partial charge on any atom is 0.272 e. The van der Waals surface area contributed by atoms with Crippen LogP contribution in [-0.2, 0) is 16.2 Å². The minimum atomic E-state index is -0.709. The van der Waals surface area contributed by atoms with Gasteiger partial charge in [0.2, 0.25) is 11.9 Å². The van der Waals surface area contributed by atoms with Gasteiger partial charge in [0.15, 0.2) is 0 Å². The number of hydrogen-bond donors (Lipinski definition) is 0. The zero-order valence-corrected chi connectivity index (χ0v) is 11.9. The van der Waals surface area contributed by atoms with Gasteiger partial charge in [-0.1, -0.05) is 29.4 Å². The molecule has 1 aromatic heterocycles. The first-order valence-electron chi connectivity index (χ1n) is 6.87. The van der Waals surface area contributed by atoms with Crippen molar-refractivity contribution in [2.45, 2.75) is 19.6 Å². The summed E-state index contributed by atoms with van der Waals surface area (Å²) in [6.07, 6.45) is 0.890. The number of oxime groups is 1. The normalized spacial score (nSPS) is 17.9. The van der Waals surface area contributed by atoms with E-state index >= 15 is 0 Å². The van der Waals surface area contributed by atoms with Crippen molar-refractivity contribution in [2.24, 2.45) is 5.16 Å². The summed E-state index contributed by atoms with van der Waals surface area (Å²) in [5, 5.41) is 3.98. The minimum Gasteiger partial charge on any atom is -0.381 e. The Morgan fingerprint density at radius 2 is 2.00 bits per heavy atom. The highest BCUT2D eigenvalue weighted by molar-refractivity contribution is 6.08. The van der Waals surface area contributed by atoms with Crippen LogP contribution in [0.5, 0.6) is 0 Å². The topological polar surface area (TPSA) is 54.8 Å². The van der Waals surface area contributed by atoms with Crippen molar-refractivity contribution in [1.82, 2.24) is 9.88 Å². The third kappa shape index (κ3) is 2.67.